The van der Waals surface area contributed by atoms with Gasteiger partial charge in [0.25, 0.3) is 0 Å². The SMILES string of the molecule is CC(N)Cc1c(N(C)Cc2ccc(Cl)s2)nc2sccn12. The highest BCUT2D eigenvalue weighted by molar-refractivity contribution is 7.16. The number of halogens is 1. The zero-order valence-electron chi connectivity index (χ0n) is 11.9. The molecule has 1 atom stereocenters. The normalized spacial score (nSPS) is 13.0. The maximum Gasteiger partial charge on any atom is 0.195 e. The number of aromatic nitrogens is 2. The number of fused-ring (bicyclic) bond motifs is 1. The summed E-state index contributed by atoms with van der Waals surface area (Å²) in [5, 5.41) is 2.05. The van der Waals surface area contributed by atoms with Gasteiger partial charge in [0.1, 0.15) is 0 Å². The van der Waals surface area contributed by atoms with Crippen LogP contribution >= 0.6 is 34.3 Å². The minimum Gasteiger partial charge on any atom is -0.353 e. The van der Waals surface area contributed by atoms with E-state index in [2.05, 4.69) is 34.0 Å². The average molecular weight is 341 g/mol. The van der Waals surface area contributed by atoms with E-state index in [1.807, 2.05) is 13.0 Å². The van der Waals surface area contributed by atoms with Crippen LogP contribution in [0.1, 0.15) is 17.5 Å². The van der Waals surface area contributed by atoms with Crippen LogP contribution < -0.4 is 10.6 Å². The van der Waals surface area contributed by atoms with Gasteiger partial charge in [0, 0.05) is 36.0 Å². The predicted octanol–water partition coefficient (Wildman–Crippen LogP) is 3.64. The van der Waals surface area contributed by atoms with Gasteiger partial charge in [-0.15, -0.1) is 22.7 Å². The fourth-order valence-electron chi connectivity index (χ4n) is 2.37. The van der Waals surface area contributed by atoms with Crippen LogP contribution in [0.3, 0.4) is 0 Å². The summed E-state index contributed by atoms with van der Waals surface area (Å²) in [6, 6.07) is 4.10. The number of imidazole rings is 1. The van der Waals surface area contributed by atoms with E-state index in [-0.39, 0.29) is 6.04 Å². The molecule has 0 amide bonds. The van der Waals surface area contributed by atoms with Gasteiger partial charge in [0.05, 0.1) is 16.6 Å². The third-order valence-electron chi connectivity index (χ3n) is 3.24. The molecule has 7 heteroatoms. The Labute approximate surface area is 136 Å². The molecule has 0 bridgehead atoms. The quantitative estimate of drug-likeness (QED) is 0.771. The Balaban J connectivity index is 1.92. The molecular weight excluding hydrogens is 324 g/mol. The summed E-state index contributed by atoms with van der Waals surface area (Å²) < 4.78 is 2.96. The van der Waals surface area contributed by atoms with Crippen LogP contribution in [0.4, 0.5) is 5.82 Å². The molecule has 0 aliphatic heterocycles. The molecule has 3 rings (SSSR count). The molecule has 0 aliphatic carbocycles. The van der Waals surface area contributed by atoms with Crippen LogP contribution in [0, 0.1) is 0 Å². The molecule has 0 saturated carbocycles. The molecule has 0 aliphatic rings. The summed E-state index contributed by atoms with van der Waals surface area (Å²) in [5.41, 5.74) is 7.17. The van der Waals surface area contributed by atoms with Crippen LogP contribution in [0.25, 0.3) is 4.96 Å². The highest BCUT2D eigenvalue weighted by Crippen LogP contribution is 2.28. The van der Waals surface area contributed by atoms with Crippen LogP contribution in [0.2, 0.25) is 4.34 Å². The first kappa shape index (κ1) is 14.8. The van der Waals surface area contributed by atoms with Crippen molar-refractivity contribution in [3.8, 4) is 0 Å². The molecule has 3 aromatic heterocycles. The number of nitrogens with two attached hydrogens (primary N) is 1. The fraction of sp³-hybridized carbons (Fsp3) is 0.357. The Morgan fingerprint density at radius 1 is 1.48 bits per heavy atom. The van der Waals surface area contributed by atoms with Gasteiger partial charge in [-0.1, -0.05) is 11.6 Å². The van der Waals surface area contributed by atoms with Crippen molar-refractivity contribution in [2.45, 2.75) is 25.9 Å². The summed E-state index contributed by atoms with van der Waals surface area (Å²) in [5.74, 6) is 1.00. The second-order valence-electron chi connectivity index (χ2n) is 5.18. The lowest BCUT2D eigenvalue weighted by Crippen LogP contribution is -2.22. The minimum absolute atomic E-state index is 0.105. The topological polar surface area (TPSA) is 46.6 Å². The molecule has 3 aromatic rings. The van der Waals surface area contributed by atoms with Gasteiger partial charge in [0.2, 0.25) is 0 Å². The second kappa shape index (κ2) is 5.96. The number of hydrogen-bond donors (Lipinski definition) is 1. The Hall–Kier alpha value is -1.08. The van der Waals surface area contributed by atoms with Crippen molar-refractivity contribution in [2.75, 3.05) is 11.9 Å². The monoisotopic (exact) mass is 340 g/mol. The van der Waals surface area contributed by atoms with E-state index < -0.39 is 0 Å². The van der Waals surface area contributed by atoms with Crippen molar-refractivity contribution < 1.29 is 0 Å². The van der Waals surface area contributed by atoms with Gasteiger partial charge in [-0.25, -0.2) is 4.98 Å². The van der Waals surface area contributed by atoms with Crippen molar-refractivity contribution >= 4 is 45.1 Å². The number of rotatable bonds is 5. The minimum atomic E-state index is 0.105. The Morgan fingerprint density at radius 2 is 2.29 bits per heavy atom. The van der Waals surface area contributed by atoms with Crippen molar-refractivity contribution in [3.63, 3.8) is 0 Å². The molecule has 112 valence electrons. The summed E-state index contributed by atoms with van der Waals surface area (Å²) in [7, 11) is 2.06. The maximum absolute atomic E-state index is 6.00. The first-order valence-electron chi connectivity index (χ1n) is 6.70. The number of thiazole rings is 1. The Kier molecular flexibility index (Phi) is 4.21. The fourth-order valence-corrected chi connectivity index (χ4v) is 4.24. The smallest absolute Gasteiger partial charge is 0.195 e. The summed E-state index contributed by atoms with van der Waals surface area (Å²) in [4.78, 5) is 9.16. The van der Waals surface area contributed by atoms with Gasteiger partial charge in [-0.3, -0.25) is 4.40 Å². The molecule has 0 radical (unpaired) electrons. The average Bonchev–Trinajstić information content (AvgIpc) is 3.07. The van der Waals surface area contributed by atoms with Gasteiger partial charge in [0.15, 0.2) is 10.8 Å². The molecule has 21 heavy (non-hydrogen) atoms. The molecule has 1 unspecified atom stereocenters. The number of nitrogens with zero attached hydrogens (tertiary/aromatic N) is 3. The lowest BCUT2D eigenvalue weighted by atomic mass is 10.2. The van der Waals surface area contributed by atoms with E-state index >= 15 is 0 Å². The third-order valence-corrected chi connectivity index (χ3v) is 5.21. The lowest BCUT2D eigenvalue weighted by molar-refractivity contribution is 0.714. The van der Waals surface area contributed by atoms with Gasteiger partial charge < -0.3 is 10.6 Å². The summed E-state index contributed by atoms with van der Waals surface area (Å²) in [6.07, 6.45) is 2.87. The van der Waals surface area contributed by atoms with Crippen LogP contribution in [-0.4, -0.2) is 22.5 Å². The largest absolute Gasteiger partial charge is 0.353 e. The van der Waals surface area contributed by atoms with Crippen LogP contribution in [0.15, 0.2) is 23.7 Å². The van der Waals surface area contributed by atoms with Gasteiger partial charge in [-0.2, -0.15) is 0 Å². The predicted molar refractivity (Wildman–Crippen MR) is 91.9 cm³/mol. The van der Waals surface area contributed by atoms with Crippen LogP contribution in [-0.2, 0) is 13.0 Å². The van der Waals surface area contributed by atoms with Gasteiger partial charge >= 0.3 is 0 Å². The Bertz CT molecular complexity index is 743. The van der Waals surface area contributed by atoms with E-state index in [4.69, 9.17) is 22.3 Å². The molecule has 0 saturated heterocycles. The van der Waals surface area contributed by atoms with Crippen molar-refractivity contribution in [2.24, 2.45) is 5.73 Å². The zero-order valence-corrected chi connectivity index (χ0v) is 14.3. The van der Waals surface area contributed by atoms with Crippen molar-refractivity contribution in [1.29, 1.82) is 0 Å². The third kappa shape index (κ3) is 3.08. The molecular formula is C14H17ClN4S2. The number of thiophene rings is 1. The van der Waals surface area contributed by atoms with E-state index in [0.29, 0.717) is 0 Å². The molecule has 4 nitrogen and oxygen atoms in total. The van der Waals surface area contributed by atoms with E-state index in [1.54, 1.807) is 22.7 Å². The standard InChI is InChI=1S/C14H17ClN4S2/c1-9(16)7-11-13(17-14-19(11)5-6-20-14)18(2)8-10-3-4-12(15)21-10/h3-6,9H,7-8,16H2,1-2H3. The second-order valence-corrected chi connectivity index (χ2v) is 7.85. The van der Waals surface area contributed by atoms with Crippen molar-refractivity contribution in [1.82, 2.24) is 9.38 Å². The van der Waals surface area contributed by atoms with Crippen molar-refractivity contribution in [3.05, 3.63) is 38.6 Å². The zero-order chi connectivity index (χ0) is 15.0. The maximum atomic E-state index is 6.00. The Morgan fingerprint density at radius 3 is 2.95 bits per heavy atom. The first-order chi connectivity index (χ1) is 10.0. The van der Waals surface area contributed by atoms with Crippen LogP contribution in [0.5, 0.6) is 0 Å². The summed E-state index contributed by atoms with van der Waals surface area (Å²) >= 11 is 9.25. The molecule has 2 N–H and O–H groups in total. The molecule has 3 heterocycles. The number of anilines is 1. The molecule has 0 fully saturated rings. The highest BCUT2D eigenvalue weighted by atomic mass is 35.5. The van der Waals surface area contributed by atoms with E-state index in [0.717, 1.165) is 28.1 Å². The van der Waals surface area contributed by atoms with E-state index in [9.17, 15) is 0 Å². The highest BCUT2D eigenvalue weighted by Gasteiger charge is 2.18. The summed E-state index contributed by atoms with van der Waals surface area (Å²) in [6.45, 7) is 2.82. The molecule has 0 aromatic carbocycles. The van der Waals surface area contributed by atoms with E-state index in [1.165, 1.54) is 10.6 Å². The first-order valence-corrected chi connectivity index (χ1v) is 8.77. The lowest BCUT2D eigenvalue weighted by Gasteiger charge is -2.18. The number of hydrogen-bond acceptors (Lipinski definition) is 5. The van der Waals surface area contributed by atoms with Gasteiger partial charge in [-0.05, 0) is 19.1 Å². The molecule has 0 spiro atoms.